The molecule has 0 aliphatic carbocycles. The number of amides is 1. The number of hydrogen-bond acceptors (Lipinski definition) is 5. The lowest BCUT2D eigenvalue weighted by Gasteiger charge is -2.23. The fourth-order valence-corrected chi connectivity index (χ4v) is 1.77. The van der Waals surface area contributed by atoms with Gasteiger partial charge < -0.3 is 19.2 Å². The van der Waals surface area contributed by atoms with Crippen LogP contribution in [-0.2, 0) is 20.7 Å². The molecule has 0 aliphatic rings. The maximum Gasteiger partial charge on any atom is 0.408 e. The molecule has 0 aromatic carbocycles. The Morgan fingerprint density at radius 3 is 2.57 bits per heavy atom. The van der Waals surface area contributed by atoms with Crippen molar-refractivity contribution in [1.82, 2.24) is 5.32 Å². The number of halogens is 1. The summed E-state index contributed by atoms with van der Waals surface area (Å²) in [6.07, 6.45) is 1.04. The first-order valence-corrected chi connectivity index (χ1v) is 7.78. The average molecular weight is 409 g/mol. The molecule has 118 valence electrons. The Balaban J connectivity index is 2.71. The van der Waals surface area contributed by atoms with Crippen LogP contribution in [0.1, 0.15) is 33.5 Å². The van der Waals surface area contributed by atoms with Crippen molar-refractivity contribution in [3.8, 4) is 0 Å². The second kappa shape index (κ2) is 7.67. The molecule has 1 rings (SSSR count). The lowest BCUT2D eigenvalue weighted by molar-refractivity contribution is -0.146. The van der Waals surface area contributed by atoms with Gasteiger partial charge in [0.1, 0.15) is 21.5 Å². The molecule has 0 saturated carbocycles. The van der Waals surface area contributed by atoms with Gasteiger partial charge in [0.15, 0.2) is 0 Å². The van der Waals surface area contributed by atoms with Crippen LogP contribution in [-0.4, -0.2) is 27.8 Å². The molecule has 0 bridgehead atoms. The van der Waals surface area contributed by atoms with E-state index in [4.69, 9.17) is 13.9 Å². The molecule has 0 radical (unpaired) electrons. The predicted molar refractivity (Wildman–Crippen MR) is 85.1 cm³/mol. The highest BCUT2D eigenvalue weighted by Gasteiger charge is 2.27. The lowest BCUT2D eigenvalue weighted by Crippen LogP contribution is -2.45. The van der Waals surface area contributed by atoms with E-state index >= 15 is 0 Å². The van der Waals surface area contributed by atoms with Crippen LogP contribution in [0, 0.1) is 0 Å². The molecular weight excluding hydrogens is 389 g/mol. The van der Waals surface area contributed by atoms with Crippen molar-refractivity contribution in [2.24, 2.45) is 0 Å². The van der Waals surface area contributed by atoms with Gasteiger partial charge in [-0.3, -0.25) is 0 Å². The fraction of sp³-hybridized carbons (Fsp3) is 0.571. The Hall–Kier alpha value is -1.25. The van der Waals surface area contributed by atoms with E-state index in [1.54, 1.807) is 39.8 Å². The Morgan fingerprint density at radius 1 is 1.43 bits per heavy atom. The minimum Gasteiger partial charge on any atom is -0.469 e. The summed E-state index contributed by atoms with van der Waals surface area (Å²) in [5.74, 6) is 0.0493. The second-order valence-corrected chi connectivity index (χ2v) is 7.22. The Bertz CT molecular complexity index is 464. The first-order chi connectivity index (χ1) is 9.67. The van der Waals surface area contributed by atoms with Crippen LogP contribution in [0.4, 0.5) is 4.79 Å². The van der Waals surface area contributed by atoms with Crippen molar-refractivity contribution < 1.29 is 23.5 Å². The molecule has 0 spiro atoms. The zero-order valence-electron chi connectivity index (χ0n) is 12.5. The number of hydrogen-bond donors (Lipinski definition) is 1. The highest BCUT2D eigenvalue weighted by Crippen LogP contribution is 2.11. The van der Waals surface area contributed by atoms with Crippen molar-refractivity contribution in [3.63, 3.8) is 0 Å². The van der Waals surface area contributed by atoms with Gasteiger partial charge in [-0.1, -0.05) is 0 Å². The van der Waals surface area contributed by atoms with Gasteiger partial charge in [0.25, 0.3) is 0 Å². The molecule has 1 aromatic rings. The standard InChI is InChI=1S/C14H20INO5/c1-9(15)20-12(17)11(8-10-6-5-7-19-10)16-13(18)21-14(2,3)4/h5-7,9,11H,8H2,1-4H3,(H,16,18)/t9?,11-/m1/s1. The van der Waals surface area contributed by atoms with Crippen LogP contribution in [0.5, 0.6) is 0 Å². The van der Waals surface area contributed by atoms with Gasteiger partial charge in [0.05, 0.1) is 6.26 Å². The first-order valence-electron chi connectivity index (χ1n) is 6.54. The summed E-state index contributed by atoms with van der Waals surface area (Å²) in [7, 11) is 0. The van der Waals surface area contributed by atoms with Crippen LogP contribution in [0.25, 0.3) is 0 Å². The topological polar surface area (TPSA) is 77.8 Å². The summed E-state index contributed by atoms with van der Waals surface area (Å²) in [6, 6.07) is 2.58. The molecule has 0 fully saturated rings. The molecule has 1 amide bonds. The van der Waals surface area contributed by atoms with E-state index < -0.39 is 23.7 Å². The van der Waals surface area contributed by atoms with Crippen LogP contribution >= 0.6 is 22.6 Å². The van der Waals surface area contributed by atoms with E-state index in [2.05, 4.69) is 5.32 Å². The van der Waals surface area contributed by atoms with Gasteiger partial charge in [0, 0.05) is 6.42 Å². The Morgan fingerprint density at radius 2 is 2.10 bits per heavy atom. The monoisotopic (exact) mass is 409 g/mol. The van der Waals surface area contributed by atoms with Crippen LogP contribution in [0.2, 0.25) is 0 Å². The van der Waals surface area contributed by atoms with E-state index in [0.29, 0.717) is 5.76 Å². The molecular formula is C14H20INO5. The number of carbonyl (C=O) groups excluding carboxylic acids is 2. The normalized spacial score (nSPS) is 14.1. The highest BCUT2D eigenvalue weighted by atomic mass is 127. The van der Waals surface area contributed by atoms with E-state index in [1.807, 2.05) is 22.6 Å². The summed E-state index contributed by atoms with van der Waals surface area (Å²) in [5, 5.41) is 2.52. The molecule has 1 unspecified atom stereocenters. The van der Waals surface area contributed by atoms with Crippen molar-refractivity contribution >= 4 is 34.7 Å². The van der Waals surface area contributed by atoms with Crippen molar-refractivity contribution in [1.29, 1.82) is 0 Å². The third-order valence-electron chi connectivity index (χ3n) is 2.24. The minimum absolute atomic E-state index is 0.203. The minimum atomic E-state index is -0.858. The zero-order chi connectivity index (χ0) is 16.0. The number of esters is 1. The zero-order valence-corrected chi connectivity index (χ0v) is 14.7. The number of furan rings is 1. The van der Waals surface area contributed by atoms with Crippen LogP contribution in [0.3, 0.4) is 0 Å². The smallest absolute Gasteiger partial charge is 0.408 e. The third-order valence-corrected chi connectivity index (χ3v) is 2.49. The van der Waals surface area contributed by atoms with E-state index in [9.17, 15) is 9.59 Å². The van der Waals surface area contributed by atoms with Crippen molar-refractivity contribution in [2.45, 2.75) is 49.9 Å². The summed E-state index contributed by atoms with van der Waals surface area (Å²) in [6.45, 7) is 6.98. The maximum absolute atomic E-state index is 12.0. The highest BCUT2D eigenvalue weighted by molar-refractivity contribution is 14.1. The molecule has 1 N–H and O–H groups in total. The predicted octanol–water partition coefficient (Wildman–Crippen LogP) is 3.04. The summed E-state index contributed by atoms with van der Waals surface area (Å²) < 4.78 is 15.2. The molecule has 1 heterocycles. The summed E-state index contributed by atoms with van der Waals surface area (Å²) >= 11 is 1.97. The van der Waals surface area contributed by atoms with Gasteiger partial charge in [-0.25, -0.2) is 9.59 Å². The number of ether oxygens (including phenoxy) is 2. The number of nitrogens with one attached hydrogen (secondary N) is 1. The quantitative estimate of drug-likeness (QED) is 0.460. The molecule has 21 heavy (non-hydrogen) atoms. The second-order valence-electron chi connectivity index (χ2n) is 5.46. The molecule has 6 nitrogen and oxygen atoms in total. The number of rotatable bonds is 5. The molecule has 0 aliphatic heterocycles. The Kier molecular flexibility index (Phi) is 6.50. The number of alkyl carbamates (subject to hydrolysis) is 1. The average Bonchev–Trinajstić information content (AvgIpc) is 2.77. The van der Waals surface area contributed by atoms with Crippen LogP contribution in [0.15, 0.2) is 22.8 Å². The first kappa shape index (κ1) is 17.8. The van der Waals surface area contributed by atoms with Gasteiger partial charge in [0.2, 0.25) is 0 Å². The lowest BCUT2D eigenvalue weighted by atomic mass is 10.1. The van der Waals surface area contributed by atoms with E-state index in [1.165, 1.54) is 6.26 Å². The number of alkyl halides is 1. The van der Waals surface area contributed by atoms with Gasteiger partial charge in [-0.15, -0.1) is 0 Å². The van der Waals surface area contributed by atoms with Crippen LogP contribution < -0.4 is 5.32 Å². The maximum atomic E-state index is 12.0. The molecule has 1 aromatic heterocycles. The van der Waals surface area contributed by atoms with Crippen molar-refractivity contribution in [3.05, 3.63) is 24.2 Å². The van der Waals surface area contributed by atoms with Gasteiger partial charge in [-0.05, 0) is 62.4 Å². The molecule has 0 saturated heterocycles. The third kappa shape index (κ3) is 7.35. The SMILES string of the molecule is CC(I)OC(=O)[C@@H](Cc1ccco1)NC(=O)OC(C)(C)C. The fourth-order valence-electron chi connectivity index (χ4n) is 1.52. The Labute approximate surface area is 137 Å². The van der Waals surface area contributed by atoms with E-state index in [0.717, 1.165) is 0 Å². The summed E-state index contributed by atoms with van der Waals surface area (Å²) in [4.78, 5) is 23.9. The van der Waals surface area contributed by atoms with E-state index in [-0.39, 0.29) is 10.5 Å². The molecule has 7 heteroatoms. The van der Waals surface area contributed by atoms with Crippen molar-refractivity contribution in [2.75, 3.05) is 0 Å². The van der Waals surface area contributed by atoms with Gasteiger partial charge in [-0.2, -0.15) is 0 Å². The molecule has 2 atom stereocenters. The van der Waals surface area contributed by atoms with Gasteiger partial charge >= 0.3 is 12.1 Å². The largest absolute Gasteiger partial charge is 0.469 e. The number of carbonyl (C=O) groups is 2. The summed E-state index contributed by atoms with van der Waals surface area (Å²) in [5.41, 5.74) is -0.639.